The van der Waals surface area contributed by atoms with Crippen LogP contribution in [0.5, 0.6) is 0 Å². The Labute approximate surface area is 141 Å². The van der Waals surface area contributed by atoms with Gasteiger partial charge in [0.1, 0.15) is 5.82 Å². The number of carbonyl (C=O) groups is 1. The quantitative estimate of drug-likeness (QED) is 0.923. The Bertz CT molecular complexity index is 729. The van der Waals surface area contributed by atoms with Crippen LogP contribution < -0.4 is 10.2 Å². The number of anilines is 2. The van der Waals surface area contributed by atoms with Gasteiger partial charge in [-0.2, -0.15) is 0 Å². The predicted octanol–water partition coefficient (Wildman–Crippen LogP) is 3.88. The smallest absolute Gasteiger partial charge is 0.275 e. The van der Waals surface area contributed by atoms with Gasteiger partial charge < -0.3 is 10.2 Å². The van der Waals surface area contributed by atoms with Crippen molar-refractivity contribution >= 4 is 28.9 Å². The molecule has 0 saturated carbocycles. The van der Waals surface area contributed by atoms with Crippen LogP contribution in [0.3, 0.4) is 0 Å². The monoisotopic (exact) mass is 332 g/mol. The number of rotatable bonds is 4. The summed E-state index contributed by atoms with van der Waals surface area (Å²) in [5.41, 5.74) is 2.98. The summed E-state index contributed by atoms with van der Waals surface area (Å²) in [4.78, 5) is 22.9. The zero-order valence-electron chi connectivity index (χ0n) is 14.0. The highest BCUT2D eigenvalue weighted by atomic mass is 35.5. The largest absolute Gasteiger partial charge is 0.378 e. The minimum absolute atomic E-state index is 0.125. The van der Waals surface area contributed by atoms with Gasteiger partial charge in [-0.25, -0.2) is 9.97 Å². The van der Waals surface area contributed by atoms with Gasteiger partial charge in [-0.15, -0.1) is 0 Å². The highest BCUT2D eigenvalue weighted by Crippen LogP contribution is 2.23. The molecule has 0 radical (unpaired) electrons. The molecule has 1 N–H and O–H groups in total. The van der Waals surface area contributed by atoms with Crippen molar-refractivity contribution in [1.29, 1.82) is 0 Å². The van der Waals surface area contributed by atoms with Crippen molar-refractivity contribution in [3.05, 3.63) is 46.5 Å². The Hall–Kier alpha value is -2.14. The maximum absolute atomic E-state index is 12.5. The molecule has 0 fully saturated rings. The number of nitrogens with zero attached hydrogens (tertiary/aromatic N) is 3. The molecule has 0 aliphatic heterocycles. The van der Waals surface area contributed by atoms with Crippen molar-refractivity contribution in [2.24, 2.45) is 0 Å². The van der Waals surface area contributed by atoms with E-state index in [1.165, 1.54) is 6.20 Å². The Morgan fingerprint density at radius 2 is 2.00 bits per heavy atom. The van der Waals surface area contributed by atoms with Crippen molar-refractivity contribution in [3.8, 4) is 0 Å². The van der Waals surface area contributed by atoms with Crippen LogP contribution in [0, 0.1) is 6.92 Å². The number of aryl methyl sites for hydroxylation is 1. The highest BCUT2D eigenvalue weighted by Gasteiger charge is 2.16. The molecule has 1 aromatic carbocycles. The number of benzene rings is 1. The molecule has 5 nitrogen and oxygen atoms in total. The third-order valence-corrected chi connectivity index (χ3v) is 3.75. The third-order valence-electron chi connectivity index (χ3n) is 3.47. The van der Waals surface area contributed by atoms with Crippen LogP contribution in [0.25, 0.3) is 0 Å². The predicted molar refractivity (Wildman–Crippen MR) is 94.6 cm³/mol. The Morgan fingerprint density at radius 3 is 2.57 bits per heavy atom. The van der Waals surface area contributed by atoms with E-state index in [0.29, 0.717) is 5.82 Å². The van der Waals surface area contributed by atoms with Gasteiger partial charge in [0.05, 0.1) is 11.2 Å². The molecule has 2 rings (SSSR count). The van der Waals surface area contributed by atoms with Gasteiger partial charge in [-0.1, -0.05) is 25.4 Å². The van der Waals surface area contributed by atoms with E-state index in [1.54, 1.807) is 0 Å². The summed E-state index contributed by atoms with van der Waals surface area (Å²) in [6, 6.07) is 5.83. The second-order valence-electron chi connectivity index (χ2n) is 5.93. The van der Waals surface area contributed by atoms with Crippen molar-refractivity contribution in [2.75, 3.05) is 24.3 Å². The molecule has 0 aliphatic rings. The molecule has 23 heavy (non-hydrogen) atoms. The van der Waals surface area contributed by atoms with E-state index in [9.17, 15) is 4.79 Å². The van der Waals surface area contributed by atoms with Gasteiger partial charge in [0, 0.05) is 31.4 Å². The average Bonchev–Trinajstić information content (AvgIpc) is 2.49. The molecule has 0 spiro atoms. The standard InChI is InChI=1S/C17H21ClN4O/c1-10(2)16-19-9-13(18)15(21-16)17(23)20-14-7-6-12(22(4)5)8-11(14)3/h6-10H,1-5H3,(H,20,23). The lowest BCUT2D eigenvalue weighted by Crippen LogP contribution is -2.17. The first kappa shape index (κ1) is 17.2. The summed E-state index contributed by atoms with van der Waals surface area (Å²) in [6.07, 6.45) is 1.47. The van der Waals surface area contributed by atoms with Crippen molar-refractivity contribution in [2.45, 2.75) is 26.7 Å². The summed E-state index contributed by atoms with van der Waals surface area (Å²) in [5, 5.41) is 3.11. The molecular formula is C17H21ClN4O. The Morgan fingerprint density at radius 1 is 1.30 bits per heavy atom. The fourth-order valence-electron chi connectivity index (χ4n) is 2.07. The van der Waals surface area contributed by atoms with Crippen LogP contribution in [0.1, 0.15) is 41.6 Å². The number of hydrogen-bond acceptors (Lipinski definition) is 4. The molecule has 0 saturated heterocycles. The minimum atomic E-state index is -0.333. The zero-order chi connectivity index (χ0) is 17.1. The number of amides is 1. The van der Waals surface area contributed by atoms with Crippen LogP contribution >= 0.6 is 11.6 Å². The summed E-state index contributed by atoms with van der Waals surface area (Å²) in [5.74, 6) is 0.388. The number of aromatic nitrogens is 2. The van der Waals surface area contributed by atoms with E-state index in [-0.39, 0.29) is 22.5 Å². The maximum Gasteiger partial charge on any atom is 0.275 e. The van der Waals surface area contributed by atoms with E-state index in [1.807, 2.05) is 58.0 Å². The lowest BCUT2D eigenvalue weighted by atomic mass is 10.1. The number of halogens is 1. The summed E-state index contributed by atoms with van der Waals surface area (Å²) in [7, 11) is 3.95. The Kier molecular flexibility index (Phi) is 5.21. The van der Waals surface area contributed by atoms with Gasteiger partial charge in [0.2, 0.25) is 0 Å². The average molecular weight is 333 g/mol. The van der Waals surface area contributed by atoms with Crippen molar-refractivity contribution in [1.82, 2.24) is 9.97 Å². The summed E-state index contributed by atoms with van der Waals surface area (Å²) < 4.78 is 0. The molecular weight excluding hydrogens is 312 g/mol. The van der Waals surface area contributed by atoms with Crippen LogP contribution in [0.15, 0.2) is 24.4 Å². The molecule has 0 atom stereocenters. The first-order valence-electron chi connectivity index (χ1n) is 7.41. The molecule has 1 aromatic heterocycles. The first-order chi connectivity index (χ1) is 10.8. The Balaban J connectivity index is 2.27. The van der Waals surface area contributed by atoms with Crippen LogP contribution in [-0.4, -0.2) is 30.0 Å². The van der Waals surface area contributed by atoms with Crippen molar-refractivity contribution < 1.29 is 4.79 Å². The number of hydrogen-bond donors (Lipinski definition) is 1. The third kappa shape index (κ3) is 3.99. The van der Waals surface area contributed by atoms with E-state index >= 15 is 0 Å². The lowest BCUT2D eigenvalue weighted by molar-refractivity contribution is 0.102. The summed E-state index contributed by atoms with van der Waals surface area (Å²) in [6.45, 7) is 5.88. The fraction of sp³-hybridized carbons (Fsp3) is 0.353. The van der Waals surface area contributed by atoms with E-state index in [4.69, 9.17) is 11.6 Å². The number of carbonyl (C=O) groups excluding carboxylic acids is 1. The molecule has 6 heteroatoms. The molecule has 0 bridgehead atoms. The zero-order valence-corrected chi connectivity index (χ0v) is 14.8. The van der Waals surface area contributed by atoms with Gasteiger partial charge in [-0.3, -0.25) is 4.79 Å². The van der Waals surface area contributed by atoms with Gasteiger partial charge >= 0.3 is 0 Å². The van der Waals surface area contributed by atoms with Crippen molar-refractivity contribution in [3.63, 3.8) is 0 Å². The second kappa shape index (κ2) is 6.96. The van der Waals surface area contributed by atoms with Gasteiger partial charge in [0.25, 0.3) is 5.91 Å². The maximum atomic E-state index is 12.5. The summed E-state index contributed by atoms with van der Waals surface area (Å²) >= 11 is 6.08. The first-order valence-corrected chi connectivity index (χ1v) is 7.79. The lowest BCUT2D eigenvalue weighted by Gasteiger charge is -2.15. The van der Waals surface area contributed by atoms with E-state index in [0.717, 1.165) is 16.9 Å². The molecule has 0 unspecified atom stereocenters. The molecule has 122 valence electrons. The fourth-order valence-corrected chi connectivity index (χ4v) is 2.24. The van der Waals surface area contributed by atoms with Crippen LogP contribution in [-0.2, 0) is 0 Å². The topological polar surface area (TPSA) is 58.1 Å². The molecule has 2 aromatic rings. The second-order valence-corrected chi connectivity index (χ2v) is 6.33. The van der Waals surface area contributed by atoms with Crippen LogP contribution in [0.2, 0.25) is 5.02 Å². The van der Waals surface area contributed by atoms with E-state index in [2.05, 4.69) is 15.3 Å². The number of nitrogens with one attached hydrogen (secondary N) is 1. The normalized spacial score (nSPS) is 10.7. The van der Waals surface area contributed by atoms with E-state index < -0.39 is 0 Å². The molecule has 1 heterocycles. The SMILES string of the molecule is Cc1cc(N(C)C)ccc1NC(=O)c1nc(C(C)C)ncc1Cl. The van der Waals surface area contributed by atoms with Gasteiger partial charge in [-0.05, 0) is 30.7 Å². The minimum Gasteiger partial charge on any atom is -0.378 e. The highest BCUT2D eigenvalue weighted by molar-refractivity contribution is 6.33. The molecule has 1 amide bonds. The van der Waals surface area contributed by atoms with Crippen LogP contribution in [0.4, 0.5) is 11.4 Å². The molecule has 0 aliphatic carbocycles. The van der Waals surface area contributed by atoms with Gasteiger partial charge in [0.15, 0.2) is 5.69 Å².